The van der Waals surface area contributed by atoms with Gasteiger partial charge in [0, 0.05) is 31.5 Å². The molecule has 0 bridgehead atoms. The van der Waals surface area contributed by atoms with E-state index in [2.05, 4.69) is 14.9 Å². The van der Waals surface area contributed by atoms with E-state index in [-0.39, 0.29) is 0 Å². The van der Waals surface area contributed by atoms with Crippen LogP contribution in [0.3, 0.4) is 0 Å². The zero-order valence-corrected chi connectivity index (χ0v) is 7.03. The fourth-order valence-electron chi connectivity index (χ4n) is 1.54. The number of hydrogen-bond donors (Lipinski definition) is 2. The van der Waals surface area contributed by atoms with Gasteiger partial charge in [-0.1, -0.05) is 0 Å². The van der Waals surface area contributed by atoms with Crippen LogP contribution in [0.2, 0.25) is 0 Å². The first-order valence-electron chi connectivity index (χ1n) is 4.36. The molecule has 1 fully saturated rings. The van der Waals surface area contributed by atoms with Gasteiger partial charge in [-0.3, -0.25) is 0 Å². The van der Waals surface area contributed by atoms with Gasteiger partial charge in [-0.2, -0.15) is 0 Å². The first-order chi connectivity index (χ1) is 5.86. The van der Waals surface area contributed by atoms with Gasteiger partial charge in [0.1, 0.15) is 0 Å². The molecule has 0 radical (unpaired) electrons. The fraction of sp³-hybridized carbons (Fsp3) is 0.625. The highest BCUT2D eigenvalue weighted by molar-refractivity contribution is 5.29. The molecule has 0 atom stereocenters. The lowest BCUT2D eigenvalue weighted by Gasteiger charge is -2.29. The molecule has 0 saturated carbocycles. The van der Waals surface area contributed by atoms with E-state index in [1.807, 2.05) is 6.20 Å². The quantitative estimate of drug-likeness (QED) is 0.632. The van der Waals surface area contributed by atoms with Crippen LogP contribution in [0.15, 0.2) is 12.4 Å². The third kappa shape index (κ3) is 1.43. The zero-order valence-electron chi connectivity index (χ0n) is 7.03. The highest BCUT2D eigenvalue weighted by atomic mass is 15.3. The summed E-state index contributed by atoms with van der Waals surface area (Å²) in [6, 6.07) is 0.385. The van der Waals surface area contributed by atoms with Crippen LogP contribution in [0.5, 0.6) is 0 Å². The average Bonchev–Trinajstić information content (AvgIpc) is 2.58. The third-order valence-electron chi connectivity index (χ3n) is 2.32. The first kappa shape index (κ1) is 7.61. The van der Waals surface area contributed by atoms with Gasteiger partial charge in [0.2, 0.25) is 5.95 Å². The number of anilines is 1. The van der Waals surface area contributed by atoms with Crippen molar-refractivity contribution in [1.82, 2.24) is 9.97 Å². The Hall–Kier alpha value is -1.03. The molecular weight excluding hydrogens is 152 g/mol. The topological polar surface area (TPSA) is 57.9 Å². The smallest absolute Gasteiger partial charge is 0.202 e. The molecule has 2 rings (SSSR count). The van der Waals surface area contributed by atoms with Crippen molar-refractivity contribution in [2.45, 2.75) is 18.9 Å². The van der Waals surface area contributed by atoms with Gasteiger partial charge in [0.05, 0.1) is 0 Å². The Morgan fingerprint density at radius 3 is 2.83 bits per heavy atom. The molecule has 0 spiro atoms. The van der Waals surface area contributed by atoms with E-state index in [9.17, 15) is 0 Å². The molecule has 0 amide bonds. The lowest BCUT2D eigenvalue weighted by Crippen LogP contribution is -2.40. The number of H-pyrrole nitrogens is 1. The predicted octanol–water partition coefficient (Wildman–Crippen LogP) is 0.337. The molecule has 1 aromatic rings. The standard InChI is InChI=1S/C8H14N4/c9-7-1-5-12(6-2-7)8-10-3-4-11-8/h3-4,7H,1-2,5-6,9H2,(H,10,11). The van der Waals surface area contributed by atoms with E-state index in [1.165, 1.54) is 0 Å². The summed E-state index contributed by atoms with van der Waals surface area (Å²) in [5.41, 5.74) is 5.79. The molecule has 1 aliphatic heterocycles. The van der Waals surface area contributed by atoms with Crippen molar-refractivity contribution in [1.29, 1.82) is 0 Å². The van der Waals surface area contributed by atoms with E-state index in [4.69, 9.17) is 5.73 Å². The molecular formula is C8H14N4. The van der Waals surface area contributed by atoms with Gasteiger partial charge >= 0.3 is 0 Å². The van der Waals surface area contributed by atoms with E-state index in [0.29, 0.717) is 6.04 Å². The van der Waals surface area contributed by atoms with Gasteiger partial charge in [-0.05, 0) is 12.8 Å². The van der Waals surface area contributed by atoms with Crippen molar-refractivity contribution >= 4 is 5.95 Å². The van der Waals surface area contributed by atoms with E-state index in [0.717, 1.165) is 31.9 Å². The number of piperidine rings is 1. The number of hydrogen-bond acceptors (Lipinski definition) is 3. The molecule has 0 unspecified atom stereocenters. The molecule has 1 aromatic heterocycles. The summed E-state index contributed by atoms with van der Waals surface area (Å²) in [5.74, 6) is 0.974. The summed E-state index contributed by atoms with van der Waals surface area (Å²) in [6.45, 7) is 2.04. The number of nitrogens with one attached hydrogen (secondary N) is 1. The van der Waals surface area contributed by atoms with Crippen molar-refractivity contribution in [2.24, 2.45) is 5.73 Å². The maximum Gasteiger partial charge on any atom is 0.202 e. The maximum atomic E-state index is 5.79. The first-order valence-corrected chi connectivity index (χ1v) is 4.36. The van der Waals surface area contributed by atoms with Crippen LogP contribution in [0.1, 0.15) is 12.8 Å². The SMILES string of the molecule is NC1CCN(c2ncc[nH]2)CC1. The van der Waals surface area contributed by atoms with Gasteiger partial charge in [0.15, 0.2) is 0 Å². The van der Waals surface area contributed by atoms with Crippen molar-refractivity contribution in [3.8, 4) is 0 Å². The van der Waals surface area contributed by atoms with E-state index < -0.39 is 0 Å². The number of rotatable bonds is 1. The Kier molecular flexibility index (Phi) is 1.99. The average molecular weight is 166 g/mol. The van der Waals surface area contributed by atoms with E-state index >= 15 is 0 Å². The summed E-state index contributed by atoms with van der Waals surface area (Å²) in [7, 11) is 0. The fourth-order valence-corrected chi connectivity index (χ4v) is 1.54. The van der Waals surface area contributed by atoms with Crippen molar-refractivity contribution in [2.75, 3.05) is 18.0 Å². The molecule has 3 N–H and O–H groups in total. The van der Waals surface area contributed by atoms with Crippen LogP contribution in [0.25, 0.3) is 0 Å². The number of nitrogens with zero attached hydrogens (tertiary/aromatic N) is 2. The Bertz CT molecular complexity index is 223. The summed E-state index contributed by atoms with van der Waals surface area (Å²) in [6.07, 6.45) is 5.77. The molecule has 66 valence electrons. The number of aromatic nitrogens is 2. The number of nitrogens with two attached hydrogens (primary N) is 1. The molecule has 12 heavy (non-hydrogen) atoms. The molecule has 4 heteroatoms. The molecule has 2 heterocycles. The second kappa shape index (κ2) is 3.15. The van der Waals surface area contributed by atoms with Gasteiger partial charge < -0.3 is 15.6 Å². The summed E-state index contributed by atoms with van der Waals surface area (Å²) >= 11 is 0. The van der Waals surface area contributed by atoms with Crippen molar-refractivity contribution in [3.05, 3.63) is 12.4 Å². The monoisotopic (exact) mass is 166 g/mol. The zero-order chi connectivity index (χ0) is 8.39. The third-order valence-corrected chi connectivity index (χ3v) is 2.32. The molecule has 1 aliphatic rings. The second-order valence-electron chi connectivity index (χ2n) is 3.24. The Morgan fingerprint density at radius 1 is 1.50 bits per heavy atom. The van der Waals surface area contributed by atoms with Gasteiger partial charge in [0.25, 0.3) is 0 Å². The maximum absolute atomic E-state index is 5.79. The molecule has 0 aliphatic carbocycles. The van der Waals surface area contributed by atoms with Crippen molar-refractivity contribution < 1.29 is 0 Å². The van der Waals surface area contributed by atoms with E-state index in [1.54, 1.807) is 6.20 Å². The Labute approximate surface area is 71.8 Å². The molecule has 4 nitrogen and oxygen atoms in total. The number of imidazole rings is 1. The molecule has 0 aromatic carbocycles. The summed E-state index contributed by atoms with van der Waals surface area (Å²) in [5, 5.41) is 0. The highest BCUT2D eigenvalue weighted by Gasteiger charge is 2.17. The Morgan fingerprint density at radius 2 is 2.25 bits per heavy atom. The highest BCUT2D eigenvalue weighted by Crippen LogP contribution is 2.13. The predicted molar refractivity (Wildman–Crippen MR) is 48.0 cm³/mol. The van der Waals surface area contributed by atoms with Crippen LogP contribution >= 0.6 is 0 Å². The van der Waals surface area contributed by atoms with Crippen molar-refractivity contribution in [3.63, 3.8) is 0 Å². The van der Waals surface area contributed by atoms with Crippen LogP contribution in [-0.2, 0) is 0 Å². The van der Waals surface area contributed by atoms with Crippen LogP contribution < -0.4 is 10.6 Å². The summed E-state index contributed by atoms with van der Waals surface area (Å²) in [4.78, 5) is 9.53. The Balaban J connectivity index is 1.99. The van der Waals surface area contributed by atoms with Crippen LogP contribution in [0.4, 0.5) is 5.95 Å². The minimum atomic E-state index is 0.385. The lowest BCUT2D eigenvalue weighted by molar-refractivity contribution is 0.496. The normalized spacial score (nSPS) is 19.9. The van der Waals surface area contributed by atoms with Crippen LogP contribution in [-0.4, -0.2) is 29.1 Å². The second-order valence-corrected chi connectivity index (χ2v) is 3.24. The van der Waals surface area contributed by atoms with Gasteiger partial charge in [-0.15, -0.1) is 0 Å². The van der Waals surface area contributed by atoms with Crippen LogP contribution in [0, 0.1) is 0 Å². The molecule has 1 saturated heterocycles. The minimum Gasteiger partial charge on any atom is -0.342 e. The lowest BCUT2D eigenvalue weighted by atomic mass is 10.1. The summed E-state index contributed by atoms with van der Waals surface area (Å²) < 4.78 is 0. The number of aromatic amines is 1. The largest absolute Gasteiger partial charge is 0.342 e. The van der Waals surface area contributed by atoms with Gasteiger partial charge in [-0.25, -0.2) is 4.98 Å². The minimum absolute atomic E-state index is 0.385.